The lowest BCUT2D eigenvalue weighted by Gasteiger charge is -2.53. The molecule has 6 rings (SSSR count). The molecule has 2 aliphatic rings. The molecule has 1 saturated carbocycles. The molecule has 1 spiro atoms. The van der Waals surface area contributed by atoms with E-state index in [1.165, 1.54) is 6.33 Å². The Bertz CT molecular complexity index is 1450. The summed E-state index contributed by atoms with van der Waals surface area (Å²) in [5.41, 5.74) is 2.91. The fourth-order valence-corrected chi connectivity index (χ4v) is 5.19. The van der Waals surface area contributed by atoms with Crippen LogP contribution >= 0.6 is 0 Å². The molecule has 1 saturated heterocycles. The maximum atomic E-state index is 11.6. The van der Waals surface area contributed by atoms with Gasteiger partial charge < -0.3 is 15.0 Å². The largest absolute Gasteiger partial charge is 0.479 e. The van der Waals surface area contributed by atoms with Crippen molar-refractivity contribution in [2.75, 3.05) is 25.4 Å². The number of pyridine rings is 1. The van der Waals surface area contributed by atoms with Crippen molar-refractivity contribution in [3.8, 4) is 17.0 Å². The third kappa shape index (κ3) is 3.37. The number of hydrogen-bond acceptors (Lipinski definition) is 7. The Morgan fingerprint density at radius 1 is 1.24 bits per heavy atom. The van der Waals surface area contributed by atoms with E-state index in [4.69, 9.17) is 8.85 Å². The van der Waals surface area contributed by atoms with E-state index in [2.05, 4.69) is 25.5 Å². The van der Waals surface area contributed by atoms with Gasteiger partial charge in [-0.3, -0.25) is 4.79 Å². The second kappa shape index (κ2) is 7.43. The number of carbonyl (C=O) groups is 1. The molecule has 0 unspecified atom stereocenters. The Hall–Kier alpha value is -3.69. The first-order valence-electron chi connectivity index (χ1n) is 12.6. The molecule has 1 amide bonds. The number of rotatable bonds is 4. The summed E-state index contributed by atoms with van der Waals surface area (Å²) in [6.45, 7) is 3.28. The number of carbonyl (C=O) groups excluding carboxylic acids is 1. The number of amides is 1. The van der Waals surface area contributed by atoms with Crippen LogP contribution in [0.5, 0.6) is 5.88 Å². The molecule has 0 aromatic carbocycles. The summed E-state index contributed by atoms with van der Waals surface area (Å²) in [6.07, 6.45) is 8.94. The number of nitrogens with zero attached hydrogens (tertiary/aromatic N) is 7. The minimum absolute atomic E-state index is 0.0189. The maximum Gasteiger partial charge on any atom is 0.244 e. The quantitative estimate of drug-likeness (QED) is 0.511. The summed E-state index contributed by atoms with van der Waals surface area (Å²) in [7, 11) is -2.67. The highest BCUT2D eigenvalue weighted by Crippen LogP contribution is 2.44. The van der Waals surface area contributed by atoms with Crippen LogP contribution in [0.1, 0.15) is 36.7 Å². The Kier molecular flexibility index (Phi) is 3.80. The van der Waals surface area contributed by atoms with Crippen LogP contribution in [-0.2, 0) is 4.79 Å². The molecule has 10 nitrogen and oxygen atoms in total. The molecular formula is C23H26N8O2. The number of likely N-dealkylation sites (tertiary alicyclic amines) is 1. The van der Waals surface area contributed by atoms with Gasteiger partial charge in [0.05, 0.1) is 11.2 Å². The van der Waals surface area contributed by atoms with Crippen molar-refractivity contribution in [1.82, 2.24) is 34.1 Å². The van der Waals surface area contributed by atoms with Crippen molar-refractivity contribution in [1.29, 1.82) is 0 Å². The highest BCUT2D eigenvalue weighted by Gasteiger charge is 2.46. The molecule has 0 bridgehead atoms. The predicted molar refractivity (Wildman–Crippen MR) is 122 cm³/mol. The van der Waals surface area contributed by atoms with Crippen LogP contribution in [-0.4, -0.2) is 66.2 Å². The molecule has 1 aliphatic heterocycles. The molecule has 1 N–H and O–H groups in total. The average Bonchev–Trinajstić information content (AvgIpc) is 3.43. The van der Waals surface area contributed by atoms with Gasteiger partial charge in [-0.2, -0.15) is 10.1 Å². The van der Waals surface area contributed by atoms with Gasteiger partial charge in [-0.05, 0) is 43.9 Å². The van der Waals surface area contributed by atoms with E-state index in [-0.39, 0.29) is 23.2 Å². The zero-order valence-electron chi connectivity index (χ0n) is 21.2. The lowest BCUT2D eigenvalue weighted by Crippen LogP contribution is -2.59. The van der Waals surface area contributed by atoms with Gasteiger partial charge in [-0.25, -0.2) is 14.0 Å². The van der Waals surface area contributed by atoms with Crippen molar-refractivity contribution < 1.29 is 13.6 Å². The maximum absolute atomic E-state index is 11.6. The van der Waals surface area contributed by atoms with Gasteiger partial charge in [-0.15, -0.1) is 5.10 Å². The molecule has 170 valence electrons. The van der Waals surface area contributed by atoms with E-state index < -0.39 is 7.04 Å². The van der Waals surface area contributed by atoms with Crippen LogP contribution in [0.3, 0.4) is 0 Å². The normalized spacial score (nSPS) is 19.8. The van der Waals surface area contributed by atoms with Crippen molar-refractivity contribution in [2.24, 2.45) is 5.41 Å². The van der Waals surface area contributed by atoms with Gasteiger partial charge in [-0.1, -0.05) is 0 Å². The minimum atomic E-state index is -2.67. The van der Waals surface area contributed by atoms with Gasteiger partial charge in [0.25, 0.3) is 0 Å². The van der Waals surface area contributed by atoms with E-state index in [0.29, 0.717) is 17.1 Å². The number of methoxy groups -OCH3 is 1. The number of ether oxygens (including phenoxy) is 1. The van der Waals surface area contributed by atoms with Crippen molar-refractivity contribution >= 4 is 23.0 Å². The van der Waals surface area contributed by atoms with Crippen LogP contribution in [0.4, 0.5) is 5.95 Å². The molecule has 5 heterocycles. The highest BCUT2D eigenvalue weighted by molar-refractivity contribution is 5.84. The van der Waals surface area contributed by atoms with Gasteiger partial charge in [0, 0.05) is 55.0 Å². The second-order valence-corrected chi connectivity index (χ2v) is 9.14. The topological polar surface area (TPSA) is 102 Å². The molecule has 10 heteroatoms. The second-order valence-electron chi connectivity index (χ2n) is 9.14. The lowest BCUT2D eigenvalue weighted by molar-refractivity contribution is -0.143. The predicted octanol–water partition coefficient (Wildman–Crippen LogP) is 2.65. The summed E-state index contributed by atoms with van der Waals surface area (Å²) >= 11 is 0. The van der Waals surface area contributed by atoms with Crippen LogP contribution in [0.15, 0.2) is 36.9 Å². The fourth-order valence-electron chi connectivity index (χ4n) is 5.19. The van der Waals surface area contributed by atoms with Gasteiger partial charge in [0.15, 0.2) is 5.65 Å². The minimum Gasteiger partial charge on any atom is -0.479 e. The van der Waals surface area contributed by atoms with E-state index in [0.717, 1.165) is 49.9 Å². The summed E-state index contributed by atoms with van der Waals surface area (Å²) < 4.78 is 31.6. The zero-order chi connectivity index (χ0) is 25.1. The highest BCUT2D eigenvalue weighted by atomic mass is 16.5. The van der Waals surface area contributed by atoms with Gasteiger partial charge >= 0.3 is 0 Å². The van der Waals surface area contributed by atoms with Crippen molar-refractivity contribution in [3.05, 3.63) is 36.9 Å². The van der Waals surface area contributed by atoms with E-state index in [9.17, 15) is 4.79 Å². The molecular weight excluding hydrogens is 420 g/mol. The molecule has 4 aromatic rings. The Labute approximate surface area is 194 Å². The third-order valence-electron chi connectivity index (χ3n) is 7.04. The summed E-state index contributed by atoms with van der Waals surface area (Å²) in [4.78, 5) is 22.1. The SMILES string of the molecule is [2H]C([2H])([2H])Oc1nc(NC2CCC3(CC2)CN(C(C)=O)C3)nn2ccc(-c3ccc4ncnn4c3)c12. The number of nitrogens with one attached hydrogen (secondary N) is 1. The molecule has 1 aliphatic carbocycles. The van der Waals surface area contributed by atoms with Crippen LogP contribution in [0, 0.1) is 5.41 Å². The summed E-state index contributed by atoms with van der Waals surface area (Å²) in [6, 6.07) is 5.72. The van der Waals surface area contributed by atoms with Gasteiger partial charge in [0.2, 0.25) is 17.7 Å². The molecule has 33 heavy (non-hydrogen) atoms. The Morgan fingerprint density at radius 3 is 2.88 bits per heavy atom. The smallest absolute Gasteiger partial charge is 0.244 e. The molecule has 2 fully saturated rings. The van der Waals surface area contributed by atoms with Crippen molar-refractivity contribution in [3.63, 3.8) is 0 Å². The zero-order valence-corrected chi connectivity index (χ0v) is 18.2. The third-order valence-corrected chi connectivity index (χ3v) is 7.04. The number of fused-ring (bicyclic) bond motifs is 2. The van der Waals surface area contributed by atoms with E-state index in [1.807, 2.05) is 29.3 Å². The van der Waals surface area contributed by atoms with Crippen LogP contribution < -0.4 is 10.1 Å². The number of aromatic nitrogens is 6. The van der Waals surface area contributed by atoms with Crippen molar-refractivity contribution in [2.45, 2.75) is 38.6 Å². The Morgan fingerprint density at radius 2 is 2.09 bits per heavy atom. The number of anilines is 1. The molecule has 4 aromatic heterocycles. The average molecular weight is 450 g/mol. The first kappa shape index (κ1) is 16.9. The fraction of sp³-hybridized carbons (Fsp3) is 0.435. The van der Waals surface area contributed by atoms with Crippen LogP contribution in [0.25, 0.3) is 22.3 Å². The Balaban J connectivity index is 1.27. The van der Waals surface area contributed by atoms with E-state index >= 15 is 0 Å². The van der Waals surface area contributed by atoms with E-state index in [1.54, 1.807) is 22.2 Å². The first-order valence-corrected chi connectivity index (χ1v) is 11.1. The lowest BCUT2D eigenvalue weighted by atomic mass is 9.67. The number of hydrogen-bond donors (Lipinski definition) is 1. The monoisotopic (exact) mass is 449 g/mol. The summed E-state index contributed by atoms with van der Waals surface area (Å²) in [5.74, 6) is 0.432. The van der Waals surface area contributed by atoms with Gasteiger partial charge in [0.1, 0.15) is 11.8 Å². The molecule has 0 atom stereocenters. The standard InChI is InChI=1S/C23H26N8O2/c1-15(32)29-12-23(13-29)8-5-17(6-9-23)26-22-27-21(33-2)20-18(7-10-30(20)28-22)16-3-4-19-24-14-25-31(19)11-16/h3-4,7,10-11,14,17H,5-6,8-9,12-13H2,1-2H3,(H,26,28)/i2D3. The molecule has 0 radical (unpaired) electrons. The van der Waals surface area contributed by atoms with Crippen LogP contribution in [0.2, 0.25) is 0 Å². The summed E-state index contributed by atoms with van der Waals surface area (Å²) in [5, 5.41) is 12.2. The first-order chi connectivity index (χ1) is 17.2.